The first-order chi connectivity index (χ1) is 40.3. The number of hydrogen-bond acceptors (Lipinski definition) is 15. The maximum absolute atomic E-state index is 11.9. The molecule has 0 saturated heterocycles. The molecule has 6 aliphatic heterocycles. The summed E-state index contributed by atoms with van der Waals surface area (Å²) in [6.45, 7) is 0. The molecule has 25 heteroatoms. The van der Waals surface area contributed by atoms with E-state index < -0.39 is 45.0 Å². The molecule has 21 nitrogen and oxygen atoms in total. The average molecular weight is 1220 g/mol. The minimum Gasteiger partial charge on any atom is -0.744 e. The molecular formula is C60H39CrN12O9S3. The Kier molecular flexibility index (Phi) is 14.4. The van der Waals surface area contributed by atoms with Gasteiger partial charge in [0, 0.05) is 66.2 Å². The number of aromatic nitrogens is 12. The molecule has 0 spiro atoms. The van der Waals surface area contributed by atoms with Crippen LogP contribution in [-0.4, -0.2) is 98.7 Å². The van der Waals surface area contributed by atoms with Crippen molar-refractivity contribution in [2.24, 2.45) is 0 Å². The molecule has 417 valence electrons. The van der Waals surface area contributed by atoms with Gasteiger partial charge in [-0.05, 0) is 200 Å². The molecule has 0 saturated carbocycles. The van der Waals surface area contributed by atoms with Gasteiger partial charge in [-0.1, -0.05) is 0 Å². The largest absolute Gasteiger partial charge is 3.00 e. The molecule has 1 radical (unpaired) electrons. The Bertz CT molecular complexity index is 4590. The fraction of sp³-hybridized carbons (Fsp3) is 0. The van der Waals surface area contributed by atoms with Crippen LogP contribution >= 0.6 is 0 Å². The van der Waals surface area contributed by atoms with Crippen LogP contribution in [0.2, 0.25) is 0 Å². The molecule has 9 aromatic rings. The van der Waals surface area contributed by atoms with E-state index >= 15 is 0 Å². The third-order valence-corrected chi connectivity index (χ3v) is 16.0. The second-order valence-electron chi connectivity index (χ2n) is 19.4. The van der Waals surface area contributed by atoms with Crippen molar-refractivity contribution in [3.63, 3.8) is 0 Å². The number of nitrogens with zero attached hydrogens (tertiary/aromatic N) is 6. The number of rotatable bonds is 3. The van der Waals surface area contributed by atoms with Crippen LogP contribution in [0.4, 0.5) is 0 Å². The summed E-state index contributed by atoms with van der Waals surface area (Å²) in [6.07, 6.45) is 19.1. The summed E-state index contributed by atoms with van der Waals surface area (Å²) < 4.78 is 107. The predicted octanol–water partition coefficient (Wildman–Crippen LogP) is 10.7. The molecule has 15 heterocycles. The van der Waals surface area contributed by atoms with Crippen LogP contribution in [0.15, 0.2) is 142 Å². The molecule has 0 amide bonds. The van der Waals surface area contributed by atoms with E-state index in [1.54, 1.807) is 72.9 Å². The zero-order chi connectivity index (χ0) is 57.9. The van der Waals surface area contributed by atoms with Gasteiger partial charge in [0.15, 0.2) is 0 Å². The molecular weight excluding hydrogens is 1180 g/mol. The van der Waals surface area contributed by atoms with Crippen molar-refractivity contribution < 1.29 is 56.3 Å². The summed E-state index contributed by atoms with van der Waals surface area (Å²) in [5.74, 6) is 0. The minimum absolute atomic E-state index is 0. The number of H-pyrrole nitrogens is 6. The van der Waals surface area contributed by atoms with E-state index in [9.17, 15) is 38.9 Å². The third-order valence-electron chi connectivity index (χ3n) is 13.3. The van der Waals surface area contributed by atoms with Crippen LogP contribution in [0.5, 0.6) is 0 Å². The topological polar surface area (TPSA) is 344 Å². The van der Waals surface area contributed by atoms with Crippen LogP contribution < -0.4 is 0 Å². The van der Waals surface area contributed by atoms with Crippen molar-refractivity contribution in [1.82, 2.24) is 59.8 Å². The van der Waals surface area contributed by atoms with Crippen LogP contribution in [0.25, 0.3) is 139 Å². The van der Waals surface area contributed by atoms with E-state index in [1.807, 2.05) is 91.0 Å². The molecule has 0 atom stereocenters. The fourth-order valence-corrected chi connectivity index (χ4v) is 11.9. The SMILES string of the molecule is O=S(=O)([O-])c1c2nc(cc3ccc(cc4ccc(cc5nc1C=C5)[nH]4)[nH]3)C=C2.O=S(=O)([O-])c1c2nc(cc3ccc(cc4ccc(cc5nc1C=C5)[nH]4)[nH]3)C=C2.O=S(=O)([O-])c1c2nc(cc3ccc(cc4ccc(cc5nc1C=C5)[nH]4)[nH]3)C=C2.[Cr+3]. The second-order valence-corrected chi connectivity index (χ2v) is 23.3. The van der Waals surface area contributed by atoms with Crippen molar-refractivity contribution in [3.05, 3.63) is 196 Å². The zero-order valence-corrected chi connectivity index (χ0v) is 47.3. The van der Waals surface area contributed by atoms with Gasteiger partial charge in [0.25, 0.3) is 0 Å². The van der Waals surface area contributed by atoms with Gasteiger partial charge >= 0.3 is 17.4 Å². The molecule has 0 aromatic carbocycles. The first kappa shape index (κ1) is 55.6. The molecule has 6 N–H and O–H groups in total. The second kappa shape index (κ2) is 22.0. The van der Waals surface area contributed by atoms with Gasteiger partial charge in [0.2, 0.25) is 0 Å². The summed E-state index contributed by atoms with van der Waals surface area (Å²) >= 11 is 0. The molecule has 6 aliphatic rings. The van der Waals surface area contributed by atoms with E-state index in [-0.39, 0.29) is 51.5 Å². The molecule has 24 bridgehead atoms. The fourth-order valence-electron chi connectivity index (χ4n) is 9.72. The molecule has 0 unspecified atom stereocenters. The minimum atomic E-state index is -4.77. The maximum atomic E-state index is 11.9. The summed E-state index contributed by atoms with van der Waals surface area (Å²) in [7, 11) is -14.3. The zero-order valence-electron chi connectivity index (χ0n) is 43.5. The Morgan fingerprint density at radius 3 is 0.518 bits per heavy atom. The van der Waals surface area contributed by atoms with Gasteiger partial charge in [-0.3, -0.25) is 0 Å². The van der Waals surface area contributed by atoms with E-state index in [4.69, 9.17) is 0 Å². The van der Waals surface area contributed by atoms with Gasteiger partial charge in [-0.2, -0.15) is 0 Å². The third kappa shape index (κ3) is 12.4. The monoisotopic (exact) mass is 1220 g/mol. The number of hydrogen-bond donors (Lipinski definition) is 6. The summed E-state index contributed by atoms with van der Waals surface area (Å²) in [6, 6.07) is 39.6. The molecule has 9 aromatic heterocycles. The van der Waals surface area contributed by atoms with Crippen molar-refractivity contribution >= 4 is 169 Å². The quantitative estimate of drug-likeness (QED) is 0.0896. The summed E-state index contributed by atoms with van der Waals surface area (Å²) in [4.78, 5) is 44.1. The average Bonchev–Trinajstić information content (AvgIpc) is 2.54. The Hall–Kier alpha value is -9.94. The Morgan fingerprint density at radius 2 is 0.376 bits per heavy atom. The predicted molar refractivity (Wildman–Crippen MR) is 320 cm³/mol. The first-order valence-corrected chi connectivity index (χ1v) is 29.6. The maximum Gasteiger partial charge on any atom is 3.00 e. The smallest absolute Gasteiger partial charge is 0.744 e. The van der Waals surface area contributed by atoms with Gasteiger partial charge in [0.05, 0.1) is 68.3 Å². The molecule has 0 fully saturated rings. The van der Waals surface area contributed by atoms with Crippen molar-refractivity contribution in [2.45, 2.75) is 14.7 Å². The van der Waals surface area contributed by atoms with E-state index in [2.05, 4.69) is 59.8 Å². The van der Waals surface area contributed by atoms with Gasteiger partial charge in [0.1, 0.15) is 45.0 Å². The van der Waals surface area contributed by atoms with Crippen molar-refractivity contribution in [3.8, 4) is 0 Å². The Labute approximate surface area is 492 Å². The van der Waals surface area contributed by atoms with E-state index in [0.29, 0.717) is 34.2 Å². The van der Waals surface area contributed by atoms with Crippen molar-refractivity contribution in [1.29, 1.82) is 0 Å². The van der Waals surface area contributed by atoms with Crippen LogP contribution in [0, 0.1) is 0 Å². The van der Waals surface area contributed by atoms with Crippen LogP contribution in [0.1, 0.15) is 68.3 Å². The Morgan fingerprint density at radius 1 is 0.235 bits per heavy atom. The molecule has 0 aliphatic carbocycles. The number of aromatic amines is 6. The number of fused-ring (bicyclic) bond motifs is 24. The van der Waals surface area contributed by atoms with Crippen molar-refractivity contribution in [2.75, 3.05) is 0 Å². The molecule has 15 rings (SSSR count). The standard InChI is InChI=1S/3C20H14N4O3S.Cr/c3*25-28(26,27)20-18-7-5-16(23-18)10-14-3-1-12(21-14)9-13-2-4-15(22-13)11-17-6-8-19(20)24-17;/h3*1-11,21-22H,(H,25,26,27);/q;;;+3/p-3. The van der Waals surface area contributed by atoms with Crippen LogP contribution in [0.3, 0.4) is 0 Å². The Balaban J connectivity index is 0.000000124. The van der Waals surface area contributed by atoms with Crippen LogP contribution in [-0.2, 0) is 47.7 Å². The normalized spacial score (nSPS) is 13.0. The van der Waals surface area contributed by atoms with Gasteiger partial charge < -0.3 is 43.6 Å². The first-order valence-electron chi connectivity index (χ1n) is 25.4. The van der Waals surface area contributed by atoms with E-state index in [1.165, 1.54) is 36.5 Å². The van der Waals surface area contributed by atoms with Gasteiger partial charge in [-0.15, -0.1) is 0 Å². The molecule has 85 heavy (non-hydrogen) atoms. The number of nitrogens with one attached hydrogen (secondary N) is 6. The van der Waals surface area contributed by atoms with Gasteiger partial charge in [-0.25, -0.2) is 55.2 Å². The summed E-state index contributed by atoms with van der Waals surface area (Å²) in [5, 5.41) is 0. The van der Waals surface area contributed by atoms with E-state index in [0.717, 1.165) is 66.2 Å². The summed E-state index contributed by atoms with van der Waals surface area (Å²) in [5.41, 5.74) is 14.0.